The smallest absolute Gasteiger partial charge is 0.124 e. The van der Waals surface area contributed by atoms with Crippen LogP contribution in [0.1, 0.15) is 18.1 Å². The Balaban J connectivity index is 2.76. The van der Waals surface area contributed by atoms with Crippen LogP contribution < -0.4 is 0 Å². The van der Waals surface area contributed by atoms with Crippen molar-refractivity contribution in [3.8, 4) is 0 Å². The average Bonchev–Trinajstić information content (AvgIpc) is 2.59. The van der Waals surface area contributed by atoms with Gasteiger partial charge in [0.2, 0.25) is 0 Å². The highest BCUT2D eigenvalue weighted by Crippen LogP contribution is 2.30. The van der Waals surface area contributed by atoms with Crippen molar-refractivity contribution in [2.75, 3.05) is 0 Å². The van der Waals surface area contributed by atoms with Crippen LogP contribution >= 0.6 is 11.3 Å². The molecule has 1 aromatic heterocycles. The van der Waals surface area contributed by atoms with E-state index in [0.717, 1.165) is 27.6 Å². The summed E-state index contributed by atoms with van der Waals surface area (Å²) in [5.74, 6) is -0.220. The minimum Gasteiger partial charge on any atom is -0.392 e. The molecule has 0 fully saturated rings. The van der Waals surface area contributed by atoms with E-state index < -0.39 is 0 Å². The SMILES string of the molecule is CCc1cc(F)cc2c(CO)csc12. The van der Waals surface area contributed by atoms with E-state index in [1.165, 1.54) is 6.07 Å². The van der Waals surface area contributed by atoms with Gasteiger partial charge in [0.05, 0.1) is 6.61 Å². The Hall–Kier alpha value is -0.930. The summed E-state index contributed by atoms with van der Waals surface area (Å²) in [5.41, 5.74) is 1.84. The maximum absolute atomic E-state index is 13.2. The number of halogens is 1. The predicted octanol–water partition coefficient (Wildman–Crippen LogP) is 3.10. The maximum Gasteiger partial charge on any atom is 0.124 e. The van der Waals surface area contributed by atoms with Crippen LogP contribution in [0, 0.1) is 5.82 Å². The molecule has 1 N–H and O–H groups in total. The number of hydrogen-bond donors (Lipinski definition) is 1. The first-order valence-electron chi connectivity index (χ1n) is 4.55. The second-order valence-corrected chi connectivity index (χ2v) is 4.09. The number of benzene rings is 1. The summed E-state index contributed by atoms with van der Waals surface area (Å²) >= 11 is 1.57. The number of aliphatic hydroxyl groups excluding tert-OH is 1. The first-order chi connectivity index (χ1) is 6.76. The van der Waals surface area contributed by atoms with Gasteiger partial charge in [0.25, 0.3) is 0 Å². The Bertz CT molecular complexity index is 462. The molecule has 14 heavy (non-hydrogen) atoms. The molecule has 0 bridgehead atoms. The van der Waals surface area contributed by atoms with Crippen molar-refractivity contribution in [1.82, 2.24) is 0 Å². The Morgan fingerprint density at radius 3 is 2.79 bits per heavy atom. The Morgan fingerprint density at radius 1 is 1.36 bits per heavy atom. The summed E-state index contributed by atoms with van der Waals surface area (Å²) in [5, 5.41) is 11.8. The van der Waals surface area contributed by atoms with Gasteiger partial charge in [-0.25, -0.2) is 4.39 Å². The molecule has 0 unspecified atom stereocenters. The Morgan fingerprint density at radius 2 is 2.14 bits per heavy atom. The van der Waals surface area contributed by atoms with Gasteiger partial charge >= 0.3 is 0 Å². The molecule has 0 saturated heterocycles. The third kappa shape index (κ3) is 1.42. The highest BCUT2D eigenvalue weighted by molar-refractivity contribution is 7.17. The van der Waals surface area contributed by atoms with Crippen LogP contribution in [0.15, 0.2) is 17.5 Å². The minimum absolute atomic E-state index is 0.0212. The minimum atomic E-state index is -0.220. The van der Waals surface area contributed by atoms with E-state index in [2.05, 4.69) is 0 Å². The molecule has 0 spiro atoms. The molecule has 0 radical (unpaired) electrons. The zero-order valence-electron chi connectivity index (χ0n) is 7.88. The topological polar surface area (TPSA) is 20.2 Å². The van der Waals surface area contributed by atoms with Crippen molar-refractivity contribution in [3.05, 3.63) is 34.5 Å². The van der Waals surface area contributed by atoms with Gasteiger partial charge in [0.1, 0.15) is 5.82 Å². The van der Waals surface area contributed by atoms with Crippen LogP contribution in [-0.2, 0) is 13.0 Å². The number of thiophene rings is 1. The quantitative estimate of drug-likeness (QED) is 0.807. The molecule has 3 heteroatoms. The number of rotatable bonds is 2. The number of fused-ring (bicyclic) bond motifs is 1. The molecule has 1 nitrogen and oxygen atoms in total. The van der Waals surface area contributed by atoms with E-state index in [1.54, 1.807) is 17.4 Å². The molecule has 0 saturated carbocycles. The number of aryl methyl sites for hydroxylation is 1. The largest absolute Gasteiger partial charge is 0.392 e. The molecular weight excluding hydrogens is 199 g/mol. The van der Waals surface area contributed by atoms with E-state index in [4.69, 9.17) is 5.11 Å². The summed E-state index contributed by atoms with van der Waals surface area (Å²) in [7, 11) is 0. The molecule has 1 heterocycles. The third-order valence-corrected chi connectivity index (χ3v) is 3.47. The molecule has 2 aromatic rings. The number of aliphatic hydroxyl groups is 1. The zero-order valence-corrected chi connectivity index (χ0v) is 8.70. The fourth-order valence-electron chi connectivity index (χ4n) is 1.61. The van der Waals surface area contributed by atoms with E-state index in [9.17, 15) is 4.39 Å². The summed E-state index contributed by atoms with van der Waals surface area (Å²) in [6, 6.07) is 3.07. The molecule has 0 amide bonds. The fraction of sp³-hybridized carbons (Fsp3) is 0.273. The standard InChI is InChI=1S/C11H11FOS/c1-2-7-3-9(12)4-10-8(5-13)6-14-11(7)10/h3-4,6,13H,2,5H2,1H3. The summed E-state index contributed by atoms with van der Waals surface area (Å²) in [4.78, 5) is 0. The van der Waals surface area contributed by atoms with E-state index in [0.29, 0.717) is 0 Å². The molecule has 0 atom stereocenters. The van der Waals surface area contributed by atoms with Gasteiger partial charge in [-0.05, 0) is 35.1 Å². The lowest BCUT2D eigenvalue weighted by atomic mass is 10.1. The average molecular weight is 210 g/mol. The highest BCUT2D eigenvalue weighted by atomic mass is 32.1. The molecule has 74 valence electrons. The van der Waals surface area contributed by atoms with Crippen LogP contribution in [0.4, 0.5) is 4.39 Å². The lowest BCUT2D eigenvalue weighted by molar-refractivity contribution is 0.284. The first-order valence-corrected chi connectivity index (χ1v) is 5.43. The summed E-state index contributed by atoms with van der Waals surface area (Å²) in [6.07, 6.45) is 0.819. The third-order valence-electron chi connectivity index (χ3n) is 2.35. The fourth-order valence-corrected chi connectivity index (χ4v) is 2.74. The summed E-state index contributed by atoms with van der Waals surface area (Å²) in [6.45, 7) is 1.99. The van der Waals surface area contributed by atoms with Crippen molar-refractivity contribution >= 4 is 21.4 Å². The van der Waals surface area contributed by atoms with E-state index in [-0.39, 0.29) is 12.4 Å². The van der Waals surface area contributed by atoms with Crippen molar-refractivity contribution in [1.29, 1.82) is 0 Å². The molecular formula is C11H11FOS. The Kier molecular flexibility index (Phi) is 2.52. The second kappa shape index (κ2) is 3.67. The van der Waals surface area contributed by atoms with Gasteiger partial charge in [-0.2, -0.15) is 0 Å². The van der Waals surface area contributed by atoms with Crippen molar-refractivity contribution in [2.24, 2.45) is 0 Å². The molecule has 0 aliphatic rings. The van der Waals surface area contributed by atoms with Gasteiger partial charge in [-0.3, -0.25) is 0 Å². The van der Waals surface area contributed by atoms with E-state index >= 15 is 0 Å². The van der Waals surface area contributed by atoms with Gasteiger partial charge in [-0.1, -0.05) is 6.92 Å². The maximum atomic E-state index is 13.2. The van der Waals surface area contributed by atoms with E-state index in [1.807, 2.05) is 12.3 Å². The zero-order chi connectivity index (χ0) is 10.1. The Labute approximate surface area is 85.8 Å². The highest BCUT2D eigenvalue weighted by Gasteiger charge is 2.08. The van der Waals surface area contributed by atoms with Crippen LogP contribution in [0.5, 0.6) is 0 Å². The second-order valence-electron chi connectivity index (χ2n) is 3.21. The monoisotopic (exact) mass is 210 g/mol. The lowest BCUT2D eigenvalue weighted by Gasteiger charge is -2.00. The van der Waals surface area contributed by atoms with Crippen molar-refractivity contribution in [3.63, 3.8) is 0 Å². The van der Waals surface area contributed by atoms with Crippen molar-refractivity contribution < 1.29 is 9.50 Å². The number of hydrogen-bond acceptors (Lipinski definition) is 2. The van der Waals surface area contributed by atoms with Crippen LogP contribution in [-0.4, -0.2) is 5.11 Å². The van der Waals surface area contributed by atoms with Gasteiger partial charge < -0.3 is 5.11 Å². The molecule has 0 aliphatic carbocycles. The van der Waals surface area contributed by atoms with Gasteiger partial charge in [0.15, 0.2) is 0 Å². The normalized spacial score (nSPS) is 11.1. The van der Waals surface area contributed by atoms with Crippen LogP contribution in [0.3, 0.4) is 0 Å². The molecule has 2 rings (SSSR count). The van der Waals surface area contributed by atoms with Crippen LogP contribution in [0.2, 0.25) is 0 Å². The lowest BCUT2D eigenvalue weighted by Crippen LogP contribution is -1.85. The molecule has 1 aromatic carbocycles. The van der Waals surface area contributed by atoms with Crippen LogP contribution in [0.25, 0.3) is 10.1 Å². The summed E-state index contributed by atoms with van der Waals surface area (Å²) < 4.78 is 14.3. The predicted molar refractivity (Wildman–Crippen MR) is 57.1 cm³/mol. The van der Waals surface area contributed by atoms with Gasteiger partial charge in [0, 0.05) is 10.1 Å². The molecule has 0 aliphatic heterocycles. The van der Waals surface area contributed by atoms with Crippen molar-refractivity contribution in [2.45, 2.75) is 20.0 Å². The first kappa shape index (κ1) is 9.62. The van der Waals surface area contributed by atoms with Gasteiger partial charge in [-0.15, -0.1) is 11.3 Å².